The quantitative estimate of drug-likeness (QED) is 0.801. The van der Waals surface area contributed by atoms with Crippen molar-refractivity contribution in [2.24, 2.45) is 5.73 Å². The lowest BCUT2D eigenvalue weighted by Crippen LogP contribution is -2.45. The summed E-state index contributed by atoms with van der Waals surface area (Å²) >= 11 is 0. The summed E-state index contributed by atoms with van der Waals surface area (Å²) in [5.74, 6) is 1.04. The molecule has 1 aromatic rings. The van der Waals surface area contributed by atoms with E-state index in [9.17, 15) is 4.79 Å². The molecular weight excluding hydrogens is 268 g/mol. The summed E-state index contributed by atoms with van der Waals surface area (Å²) in [5.41, 5.74) is 6.30. The number of nitrogens with two attached hydrogens (primary N) is 1. The van der Waals surface area contributed by atoms with Crippen molar-refractivity contribution < 1.29 is 14.3 Å². The SMILES string of the molecule is CCCNC(COc1cccc2c1OC(C)(C)C2)C(N)=O. The Bertz CT molecular complexity index is 514. The first-order chi connectivity index (χ1) is 9.93. The second-order valence-corrected chi connectivity index (χ2v) is 6.00. The molecule has 0 saturated heterocycles. The Morgan fingerprint density at radius 1 is 1.52 bits per heavy atom. The summed E-state index contributed by atoms with van der Waals surface area (Å²) in [6.45, 7) is 7.06. The zero-order valence-corrected chi connectivity index (χ0v) is 12.9. The van der Waals surface area contributed by atoms with Crippen LogP contribution in [0.5, 0.6) is 11.5 Å². The number of primary amides is 1. The van der Waals surface area contributed by atoms with Gasteiger partial charge in [-0.1, -0.05) is 19.1 Å². The maximum Gasteiger partial charge on any atom is 0.238 e. The molecule has 0 spiro atoms. The Morgan fingerprint density at radius 3 is 2.95 bits per heavy atom. The third-order valence-corrected chi connectivity index (χ3v) is 3.44. The maximum absolute atomic E-state index is 11.4. The number of rotatable bonds is 7. The van der Waals surface area contributed by atoms with Gasteiger partial charge in [0.15, 0.2) is 11.5 Å². The predicted octanol–water partition coefficient (Wildman–Crippen LogP) is 1.63. The summed E-state index contributed by atoms with van der Waals surface area (Å²) in [6, 6.07) is 5.35. The number of carbonyl (C=O) groups excluding carboxylic acids is 1. The lowest BCUT2D eigenvalue weighted by atomic mass is 10.0. The van der Waals surface area contributed by atoms with E-state index in [1.54, 1.807) is 0 Å². The van der Waals surface area contributed by atoms with Crippen LogP contribution in [-0.4, -0.2) is 30.7 Å². The molecule has 0 saturated carbocycles. The maximum atomic E-state index is 11.4. The highest BCUT2D eigenvalue weighted by atomic mass is 16.5. The van der Waals surface area contributed by atoms with E-state index in [4.69, 9.17) is 15.2 Å². The van der Waals surface area contributed by atoms with Gasteiger partial charge in [-0.05, 0) is 32.9 Å². The van der Waals surface area contributed by atoms with Crippen LogP contribution >= 0.6 is 0 Å². The van der Waals surface area contributed by atoms with Crippen molar-refractivity contribution in [1.29, 1.82) is 0 Å². The molecule has 2 rings (SSSR count). The van der Waals surface area contributed by atoms with E-state index in [2.05, 4.69) is 5.32 Å². The molecular formula is C16H24N2O3. The van der Waals surface area contributed by atoms with E-state index >= 15 is 0 Å². The number of carbonyl (C=O) groups is 1. The molecule has 1 aromatic carbocycles. The summed E-state index contributed by atoms with van der Waals surface area (Å²) in [7, 11) is 0. The van der Waals surface area contributed by atoms with Crippen LogP contribution in [0.3, 0.4) is 0 Å². The number of fused-ring (bicyclic) bond motifs is 1. The average Bonchev–Trinajstić information content (AvgIpc) is 2.73. The Morgan fingerprint density at radius 2 is 2.29 bits per heavy atom. The van der Waals surface area contributed by atoms with Crippen LogP contribution in [0.15, 0.2) is 18.2 Å². The van der Waals surface area contributed by atoms with E-state index in [-0.39, 0.29) is 12.2 Å². The Balaban J connectivity index is 2.04. The van der Waals surface area contributed by atoms with Gasteiger partial charge in [-0.15, -0.1) is 0 Å². The fraction of sp³-hybridized carbons (Fsp3) is 0.562. The average molecular weight is 292 g/mol. The third kappa shape index (κ3) is 3.88. The van der Waals surface area contributed by atoms with E-state index in [0.717, 1.165) is 30.7 Å². The van der Waals surface area contributed by atoms with Gasteiger partial charge in [0.1, 0.15) is 18.2 Å². The largest absolute Gasteiger partial charge is 0.488 e. The Hall–Kier alpha value is -1.75. The highest BCUT2D eigenvalue weighted by molar-refractivity contribution is 5.80. The molecule has 1 aliphatic heterocycles. The zero-order valence-electron chi connectivity index (χ0n) is 12.9. The second kappa shape index (κ2) is 6.35. The standard InChI is InChI=1S/C16H24N2O3/c1-4-8-18-12(15(17)19)10-20-13-7-5-6-11-9-16(2,3)21-14(11)13/h5-7,12,18H,4,8-10H2,1-3H3,(H2,17,19). The van der Waals surface area contributed by atoms with Crippen LogP contribution in [0.2, 0.25) is 0 Å². The van der Waals surface area contributed by atoms with Gasteiger partial charge >= 0.3 is 0 Å². The summed E-state index contributed by atoms with van der Waals surface area (Å²) in [6.07, 6.45) is 1.79. The number of hydrogen-bond acceptors (Lipinski definition) is 4. The van der Waals surface area contributed by atoms with Gasteiger partial charge in [-0.2, -0.15) is 0 Å². The zero-order chi connectivity index (χ0) is 15.5. The minimum absolute atomic E-state index is 0.204. The van der Waals surface area contributed by atoms with Crippen LogP contribution < -0.4 is 20.5 Å². The number of benzene rings is 1. The first kappa shape index (κ1) is 15.6. The van der Waals surface area contributed by atoms with Gasteiger partial charge in [-0.25, -0.2) is 0 Å². The number of ether oxygens (including phenoxy) is 2. The first-order valence-corrected chi connectivity index (χ1v) is 7.39. The van der Waals surface area contributed by atoms with Gasteiger partial charge in [0, 0.05) is 12.0 Å². The fourth-order valence-corrected chi connectivity index (χ4v) is 2.43. The fourth-order valence-electron chi connectivity index (χ4n) is 2.43. The molecule has 0 radical (unpaired) electrons. The molecule has 0 bridgehead atoms. The number of nitrogens with one attached hydrogen (secondary N) is 1. The smallest absolute Gasteiger partial charge is 0.238 e. The van der Waals surface area contributed by atoms with Crippen LogP contribution in [0, 0.1) is 0 Å². The van der Waals surface area contributed by atoms with Crippen molar-refractivity contribution in [3.63, 3.8) is 0 Å². The lowest BCUT2D eigenvalue weighted by molar-refractivity contribution is -0.120. The van der Waals surface area contributed by atoms with Crippen LogP contribution in [0.1, 0.15) is 32.8 Å². The van der Waals surface area contributed by atoms with Gasteiger partial charge in [-0.3, -0.25) is 4.79 Å². The highest BCUT2D eigenvalue weighted by Gasteiger charge is 2.32. The molecule has 5 heteroatoms. The molecule has 1 amide bonds. The van der Waals surface area contributed by atoms with Crippen molar-refractivity contribution in [1.82, 2.24) is 5.32 Å². The van der Waals surface area contributed by atoms with E-state index in [0.29, 0.717) is 5.75 Å². The molecule has 0 fully saturated rings. The third-order valence-electron chi connectivity index (χ3n) is 3.44. The minimum Gasteiger partial charge on any atom is -0.488 e. The molecule has 1 heterocycles. The molecule has 21 heavy (non-hydrogen) atoms. The molecule has 116 valence electrons. The number of hydrogen-bond donors (Lipinski definition) is 2. The highest BCUT2D eigenvalue weighted by Crippen LogP contribution is 2.41. The van der Waals surface area contributed by atoms with Crippen molar-refractivity contribution >= 4 is 5.91 Å². The minimum atomic E-state index is -0.491. The van der Waals surface area contributed by atoms with Gasteiger partial charge in [0.05, 0.1) is 0 Å². The molecule has 1 unspecified atom stereocenters. The summed E-state index contributed by atoms with van der Waals surface area (Å²) in [4.78, 5) is 11.4. The van der Waals surface area contributed by atoms with E-state index in [1.807, 2.05) is 39.0 Å². The second-order valence-electron chi connectivity index (χ2n) is 6.00. The molecule has 0 aliphatic carbocycles. The lowest BCUT2D eigenvalue weighted by Gasteiger charge is -2.19. The van der Waals surface area contributed by atoms with Gasteiger partial charge < -0.3 is 20.5 Å². The van der Waals surface area contributed by atoms with E-state index in [1.165, 1.54) is 0 Å². The van der Waals surface area contributed by atoms with Crippen molar-refractivity contribution in [3.8, 4) is 11.5 Å². The van der Waals surface area contributed by atoms with Crippen LogP contribution in [-0.2, 0) is 11.2 Å². The van der Waals surface area contributed by atoms with Crippen molar-refractivity contribution in [2.45, 2.75) is 45.3 Å². The Kier molecular flexibility index (Phi) is 4.73. The summed E-state index contributed by atoms with van der Waals surface area (Å²) < 4.78 is 11.7. The molecule has 1 atom stereocenters. The normalized spacial score (nSPS) is 16.9. The predicted molar refractivity (Wildman–Crippen MR) is 81.6 cm³/mol. The molecule has 5 nitrogen and oxygen atoms in total. The van der Waals surface area contributed by atoms with Gasteiger partial charge in [0.25, 0.3) is 0 Å². The molecule has 1 aliphatic rings. The van der Waals surface area contributed by atoms with Crippen molar-refractivity contribution in [3.05, 3.63) is 23.8 Å². The van der Waals surface area contributed by atoms with E-state index < -0.39 is 11.9 Å². The Labute approximate surface area is 125 Å². The molecule has 3 N–H and O–H groups in total. The number of para-hydroxylation sites is 1. The topological polar surface area (TPSA) is 73.6 Å². The van der Waals surface area contributed by atoms with Crippen LogP contribution in [0.25, 0.3) is 0 Å². The number of amides is 1. The molecule has 0 aromatic heterocycles. The van der Waals surface area contributed by atoms with Gasteiger partial charge in [0.2, 0.25) is 5.91 Å². The first-order valence-electron chi connectivity index (χ1n) is 7.39. The monoisotopic (exact) mass is 292 g/mol. The van der Waals surface area contributed by atoms with Crippen LogP contribution in [0.4, 0.5) is 0 Å². The summed E-state index contributed by atoms with van der Waals surface area (Å²) in [5, 5.41) is 3.08. The van der Waals surface area contributed by atoms with Crippen molar-refractivity contribution in [2.75, 3.05) is 13.2 Å².